The van der Waals surface area contributed by atoms with E-state index in [9.17, 15) is 18.4 Å². The monoisotopic (exact) mass is 393 g/mol. The van der Waals surface area contributed by atoms with Crippen LogP contribution in [-0.4, -0.2) is 38.2 Å². The summed E-state index contributed by atoms with van der Waals surface area (Å²) < 4.78 is 28.5. The van der Waals surface area contributed by atoms with Gasteiger partial charge in [0.1, 0.15) is 0 Å². The van der Waals surface area contributed by atoms with E-state index in [2.05, 4.69) is 5.10 Å². The van der Waals surface area contributed by atoms with Gasteiger partial charge in [0.05, 0.1) is 12.5 Å². The number of benzene rings is 1. The second kappa shape index (κ2) is 9.43. The molecule has 2 rings (SSSR count). The molecule has 28 heavy (non-hydrogen) atoms. The summed E-state index contributed by atoms with van der Waals surface area (Å²) in [6.45, 7) is 5.83. The molecule has 0 atom stereocenters. The van der Waals surface area contributed by atoms with Gasteiger partial charge in [0.2, 0.25) is 0 Å². The van der Waals surface area contributed by atoms with Crippen molar-refractivity contribution in [2.75, 3.05) is 6.54 Å². The van der Waals surface area contributed by atoms with Crippen LogP contribution in [0.15, 0.2) is 24.3 Å². The molecular formula is C20H25F2N3O3. The zero-order chi connectivity index (χ0) is 20.8. The van der Waals surface area contributed by atoms with Crippen LogP contribution in [0.5, 0.6) is 0 Å². The van der Waals surface area contributed by atoms with Crippen molar-refractivity contribution in [2.24, 2.45) is 0 Å². The Morgan fingerprint density at radius 1 is 1.18 bits per heavy atom. The number of carbonyl (C=O) groups excluding carboxylic acids is 1. The molecule has 0 aliphatic heterocycles. The molecule has 0 saturated carbocycles. The Kier molecular flexibility index (Phi) is 7.25. The van der Waals surface area contributed by atoms with Gasteiger partial charge in [-0.3, -0.25) is 14.3 Å². The molecule has 6 nitrogen and oxygen atoms in total. The Morgan fingerprint density at radius 2 is 1.86 bits per heavy atom. The molecular weight excluding hydrogens is 368 g/mol. The van der Waals surface area contributed by atoms with Crippen molar-refractivity contribution >= 4 is 11.9 Å². The molecule has 0 radical (unpaired) electrons. The van der Waals surface area contributed by atoms with Crippen LogP contribution in [-0.2, 0) is 11.3 Å². The van der Waals surface area contributed by atoms with E-state index in [-0.39, 0.29) is 31.2 Å². The lowest BCUT2D eigenvalue weighted by atomic mass is 10.1. The fraction of sp³-hybridized carbons (Fsp3) is 0.450. The van der Waals surface area contributed by atoms with Crippen molar-refractivity contribution in [1.82, 2.24) is 14.7 Å². The lowest BCUT2D eigenvalue weighted by Gasteiger charge is -2.21. The van der Waals surface area contributed by atoms with Crippen molar-refractivity contribution in [2.45, 2.75) is 52.6 Å². The second-order valence-corrected chi connectivity index (χ2v) is 6.70. The van der Waals surface area contributed by atoms with Gasteiger partial charge in [-0.15, -0.1) is 0 Å². The summed E-state index contributed by atoms with van der Waals surface area (Å²) in [5.41, 5.74) is 1.41. The molecule has 152 valence electrons. The van der Waals surface area contributed by atoms with E-state index in [0.717, 1.165) is 30.7 Å². The number of amides is 1. The van der Waals surface area contributed by atoms with Crippen LogP contribution in [0.2, 0.25) is 0 Å². The van der Waals surface area contributed by atoms with Crippen molar-refractivity contribution in [3.63, 3.8) is 0 Å². The van der Waals surface area contributed by atoms with Gasteiger partial charge in [-0.1, -0.05) is 19.9 Å². The van der Waals surface area contributed by atoms with Crippen LogP contribution < -0.4 is 0 Å². The number of aliphatic carboxylic acids is 1. The van der Waals surface area contributed by atoms with Crippen molar-refractivity contribution < 1.29 is 23.5 Å². The lowest BCUT2D eigenvalue weighted by Crippen LogP contribution is -2.33. The van der Waals surface area contributed by atoms with Crippen LogP contribution >= 0.6 is 0 Å². The number of hydrogen-bond donors (Lipinski definition) is 1. The standard InChI is InChI=1S/C20H25F2N3O3/c1-4-15(5-2)25-13(3)10-18(23-25)20(28)24(9-8-19(26)27)12-14-6-7-16(21)17(22)11-14/h6-7,10-11,15H,4-5,8-9,12H2,1-3H3,(H,26,27). The highest BCUT2D eigenvalue weighted by Gasteiger charge is 2.22. The zero-order valence-electron chi connectivity index (χ0n) is 16.3. The van der Waals surface area contributed by atoms with Gasteiger partial charge in [0.25, 0.3) is 5.91 Å². The second-order valence-electron chi connectivity index (χ2n) is 6.70. The SMILES string of the molecule is CCC(CC)n1nc(C(=O)N(CCC(=O)O)Cc2ccc(F)c(F)c2)cc1C. The molecule has 1 amide bonds. The van der Waals surface area contributed by atoms with Crippen LogP contribution in [0.25, 0.3) is 0 Å². The van der Waals surface area contributed by atoms with E-state index < -0.39 is 23.5 Å². The fourth-order valence-electron chi connectivity index (χ4n) is 3.10. The Morgan fingerprint density at radius 3 is 2.43 bits per heavy atom. The molecule has 8 heteroatoms. The maximum Gasteiger partial charge on any atom is 0.305 e. The summed E-state index contributed by atoms with van der Waals surface area (Å²) >= 11 is 0. The van der Waals surface area contributed by atoms with E-state index in [1.165, 1.54) is 11.0 Å². The molecule has 1 N–H and O–H groups in total. The highest BCUT2D eigenvalue weighted by molar-refractivity contribution is 5.92. The molecule has 1 aromatic heterocycles. The van der Waals surface area contributed by atoms with E-state index in [1.54, 1.807) is 10.7 Å². The number of aromatic nitrogens is 2. The largest absolute Gasteiger partial charge is 0.481 e. The smallest absolute Gasteiger partial charge is 0.305 e. The van der Waals surface area contributed by atoms with E-state index in [1.807, 2.05) is 20.8 Å². The van der Waals surface area contributed by atoms with Gasteiger partial charge in [0, 0.05) is 18.8 Å². The number of halogens is 2. The predicted octanol–water partition coefficient (Wildman–Crippen LogP) is 3.95. The van der Waals surface area contributed by atoms with E-state index in [4.69, 9.17) is 5.11 Å². The number of carboxylic acids is 1. The van der Waals surface area contributed by atoms with E-state index >= 15 is 0 Å². The summed E-state index contributed by atoms with van der Waals surface area (Å²) in [6, 6.07) is 5.19. The molecule has 1 aromatic carbocycles. The number of carboxylic acid groups (broad SMARTS) is 1. The first-order valence-corrected chi connectivity index (χ1v) is 9.27. The average molecular weight is 393 g/mol. The lowest BCUT2D eigenvalue weighted by molar-refractivity contribution is -0.137. The number of nitrogens with zero attached hydrogens (tertiary/aromatic N) is 3. The molecule has 0 bridgehead atoms. The third-order valence-corrected chi connectivity index (χ3v) is 4.67. The van der Waals surface area contributed by atoms with Crippen LogP contribution in [0.4, 0.5) is 8.78 Å². The molecule has 0 aliphatic carbocycles. The number of hydrogen-bond acceptors (Lipinski definition) is 3. The summed E-state index contributed by atoms with van der Waals surface area (Å²) in [4.78, 5) is 25.2. The Labute approximate surface area is 162 Å². The first-order valence-electron chi connectivity index (χ1n) is 9.27. The number of rotatable bonds is 9. The molecule has 0 unspecified atom stereocenters. The van der Waals surface area contributed by atoms with Gasteiger partial charge in [0.15, 0.2) is 17.3 Å². The quantitative estimate of drug-likeness (QED) is 0.700. The molecule has 0 aliphatic rings. The summed E-state index contributed by atoms with van der Waals surface area (Å²) in [5, 5.41) is 13.4. The van der Waals surface area contributed by atoms with E-state index in [0.29, 0.717) is 5.56 Å². The van der Waals surface area contributed by atoms with Crippen LogP contribution in [0, 0.1) is 18.6 Å². The third kappa shape index (κ3) is 5.15. The minimum atomic E-state index is -1.05. The molecule has 0 saturated heterocycles. The summed E-state index contributed by atoms with van der Waals surface area (Å²) in [5.74, 6) is -3.50. The first kappa shape index (κ1) is 21.5. The zero-order valence-corrected chi connectivity index (χ0v) is 16.3. The summed E-state index contributed by atoms with van der Waals surface area (Å²) in [7, 11) is 0. The first-order chi connectivity index (χ1) is 13.3. The molecule has 2 aromatic rings. The van der Waals surface area contributed by atoms with Gasteiger partial charge in [-0.2, -0.15) is 5.10 Å². The Hall–Kier alpha value is -2.77. The highest BCUT2D eigenvalue weighted by Crippen LogP contribution is 2.20. The van der Waals surface area contributed by atoms with Crippen molar-refractivity contribution in [1.29, 1.82) is 0 Å². The van der Waals surface area contributed by atoms with Gasteiger partial charge in [-0.05, 0) is 43.5 Å². The van der Waals surface area contributed by atoms with Crippen LogP contribution in [0.1, 0.15) is 60.9 Å². The Balaban J connectivity index is 2.29. The highest BCUT2D eigenvalue weighted by atomic mass is 19.2. The van der Waals surface area contributed by atoms with Crippen molar-refractivity contribution in [3.05, 3.63) is 52.9 Å². The molecule has 1 heterocycles. The normalized spacial score (nSPS) is 11.1. The summed E-state index contributed by atoms with van der Waals surface area (Å²) in [6.07, 6.45) is 1.47. The third-order valence-electron chi connectivity index (χ3n) is 4.67. The predicted molar refractivity (Wildman–Crippen MR) is 99.9 cm³/mol. The topological polar surface area (TPSA) is 75.4 Å². The average Bonchev–Trinajstić information content (AvgIpc) is 3.03. The maximum atomic E-state index is 13.5. The van der Waals surface area contributed by atoms with Crippen molar-refractivity contribution in [3.8, 4) is 0 Å². The minimum Gasteiger partial charge on any atom is -0.481 e. The van der Waals surface area contributed by atoms with Gasteiger partial charge >= 0.3 is 5.97 Å². The Bertz CT molecular complexity index is 847. The maximum absolute atomic E-state index is 13.5. The number of carbonyl (C=O) groups is 2. The number of aryl methyl sites for hydroxylation is 1. The van der Waals surface area contributed by atoms with Gasteiger partial charge < -0.3 is 10.0 Å². The van der Waals surface area contributed by atoms with Crippen LogP contribution in [0.3, 0.4) is 0 Å². The van der Waals surface area contributed by atoms with Gasteiger partial charge in [-0.25, -0.2) is 8.78 Å². The minimum absolute atomic E-state index is 0.0415. The fourth-order valence-corrected chi connectivity index (χ4v) is 3.10. The molecule has 0 spiro atoms. The molecule has 0 fully saturated rings.